The van der Waals surface area contributed by atoms with E-state index in [0.29, 0.717) is 18.6 Å². The monoisotopic (exact) mass is 324 g/mol. The van der Waals surface area contributed by atoms with E-state index in [2.05, 4.69) is 57.0 Å². The first-order valence-corrected chi connectivity index (χ1v) is 8.02. The van der Waals surface area contributed by atoms with Crippen molar-refractivity contribution in [2.24, 2.45) is 0 Å². The Morgan fingerprint density at radius 3 is 2.14 bits per heavy atom. The third-order valence-corrected chi connectivity index (χ3v) is 4.64. The molecule has 1 aliphatic heterocycles. The van der Waals surface area contributed by atoms with Gasteiger partial charge in [-0.05, 0) is 58.6 Å². The minimum Gasteiger partial charge on any atom is -0.324 e. The van der Waals surface area contributed by atoms with Crippen LogP contribution in [-0.2, 0) is 4.79 Å². The largest absolute Gasteiger partial charge is 0.324 e. The van der Waals surface area contributed by atoms with E-state index in [0.717, 1.165) is 16.8 Å². The van der Waals surface area contributed by atoms with Gasteiger partial charge in [-0.2, -0.15) is 0 Å². The molecule has 3 nitrogen and oxygen atoms in total. The number of piperidine rings is 1. The van der Waals surface area contributed by atoms with Crippen molar-refractivity contribution in [2.75, 3.05) is 11.9 Å². The quantitative estimate of drug-likeness (QED) is 0.902. The molecular formula is C18H29ClN2O. The minimum atomic E-state index is 0. The number of aryl methyl sites for hydroxylation is 3. The lowest BCUT2D eigenvalue weighted by Crippen LogP contribution is -2.47. The average molecular weight is 325 g/mol. The fraction of sp³-hybridized carbons (Fsp3) is 0.611. The van der Waals surface area contributed by atoms with E-state index in [1.54, 1.807) is 0 Å². The Morgan fingerprint density at radius 1 is 1.14 bits per heavy atom. The number of nitrogens with one attached hydrogen (secondary N) is 1. The van der Waals surface area contributed by atoms with E-state index in [1.807, 2.05) is 0 Å². The van der Waals surface area contributed by atoms with Gasteiger partial charge in [0.25, 0.3) is 0 Å². The Bertz CT molecular complexity index is 497. The summed E-state index contributed by atoms with van der Waals surface area (Å²) >= 11 is 0. The summed E-state index contributed by atoms with van der Waals surface area (Å²) in [5.41, 5.74) is 4.49. The van der Waals surface area contributed by atoms with Gasteiger partial charge in [0.1, 0.15) is 0 Å². The summed E-state index contributed by atoms with van der Waals surface area (Å²) in [5, 5.41) is 3.11. The minimum absolute atomic E-state index is 0. The molecule has 0 radical (unpaired) electrons. The third kappa shape index (κ3) is 4.47. The van der Waals surface area contributed by atoms with Crippen LogP contribution in [0.5, 0.6) is 0 Å². The van der Waals surface area contributed by atoms with Crippen molar-refractivity contribution in [3.63, 3.8) is 0 Å². The van der Waals surface area contributed by atoms with Crippen LogP contribution in [-0.4, -0.2) is 29.4 Å². The van der Waals surface area contributed by atoms with Crippen LogP contribution >= 0.6 is 12.4 Å². The van der Waals surface area contributed by atoms with Crippen LogP contribution in [0.1, 0.15) is 49.8 Å². The van der Waals surface area contributed by atoms with E-state index < -0.39 is 0 Å². The van der Waals surface area contributed by atoms with Crippen LogP contribution < -0.4 is 5.32 Å². The Balaban J connectivity index is 0.00000242. The van der Waals surface area contributed by atoms with Crippen LogP contribution in [0.3, 0.4) is 0 Å². The summed E-state index contributed by atoms with van der Waals surface area (Å²) in [6, 6.07) is 5.24. The second-order valence-corrected chi connectivity index (χ2v) is 6.62. The van der Waals surface area contributed by atoms with Crippen molar-refractivity contribution in [1.82, 2.24) is 4.90 Å². The summed E-state index contributed by atoms with van der Waals surface area (Å²) < 4.78 is 0. The van der Waals surface area contributed by atoms with Gasteiger partial charge in [0, 0.05) is 17.8 Å². The van der Waals surface area contributed by atoms with Gasteiger partial charge in [-0.3, -0.25) is 9.69 Å². The summed E-state index contributed by atoms with van der Waals surface area (Å²) in [4.78, 5) is 14.7. The molecule has 0 bridgehead atoms. The van der Waals surface area contributed by atoms with E-state index in [1.165, 1.54) is 24.8 Å². The first-order valence-electron chi connectivity index (χ1n) is 8.02. The molecule has 2 unspecified atom stereocenters. The Kier molecular flexibility index (Phi) is 6.89. The van der Waals surface area contributed by atoms with Gasteiger partial charge in [0.2, 0.25) is 5.91 Å². The van der Waals surface area contributed by atoms with Crippen molar-refractivity contribution in [2.45, 2.75) is 66.0 Å². The summed E-state index contributed by atoms with van der Waals surface area (Å²) in [6.45, 7) is 11.2. The first-order chi connectivity index (χ1) is 9.88. The number of hydrogen-bond acceptors (Lipinski definition) is 2. The lowest BCUT2D eigenvalue weighted by atomic mass is 9.97. The molecule has 124 valence electrons. The summed E-state index contributed by atoms with van der Waals surface area (Å²) in [5.74, 6) is 0.102. The number of amides is 1. The zero-order valence-corrected chi connectivity index (χ0v) is 15.2. The fourth-order valence-electron chi connectivity index (χ4n) is 3.51. The van der Waals surface area contributed by atoms with Crippen molar-refractivity contribution in [3.05, 3.63) is 28.8 Å². The number of likely N-dealkylation sites (tertiary alicyclic amines) is 1. The molecular weight excluding hydrogens is 296 g/mol. The number of benzene rings is 1. The van der Waals surface area contributed by atoms with E-state index in [4.69, 9.17) is 0 Å². The average Bonchev–Trinajstić information content (AvgIpc) is 2.38. The lowest BCUT2D eigenvalue weighted by molar-refractivity contribution is -0.118. The van der Waals surface area contributed by atoms with Gasteiger partial charge in [0.15, 0.2) is 0 Å². The van der Waals surface area contributed by atoms with Crippen molar-refractivity contribution < 1.29 is 4.79 Å². The molecule has 1 aromatic rings. The molecule has 1 N–H and O–H groups in total. The molecule has 4 heteroatoms. The molecule has 1 aromatic carbocycles. The van der Waals surface area contributed by atoms with E-state index in [-0.39, 0.29) is 18.3 Å². The normalized spacial score (nSPS) is 22.0. The number of carbonyl (C=O) groups excluding carboxylic acids is 1. The maximum Gasteiger partial charge on any atom is 0.238 e. The van der Waals surface area contributed by atoms with Gasteiger partial charge in [-0.25, -0.2) is 0 Å². The van der Waals surface area contributed by atoms with Gasteiger partial charge >= 0.3 is 0 Å². The summed E-state index contributed by atoms with van der Waals surface area (Å²) in [6.07, 6.45) is 3.66. The van der Waals surface area contributed by atoms with Gasteiger partial charge < -0.3 is 5.32 Å². The van der Waals surface area contributed by atoms with Crippen LogP contribution in [0.15, 0.2) is 12.1 Å². The SMILES string of the molecule is Cc1cc(C)c(NC(=O)CN2C(C)CCCC2C)c(C)c1.Cl. The molecule has 2 rings (SSSR count). The van der Waals surface area contributed by atoms with Crippen LogP contribution in [0.25, 0.3) is 0 Å². The van der Waals surface area contributed by atoms with E-state index in [9.17, 15) is 4.79 Å². The second-order valence-electron chi connectivity index (χ2n) is 6.62. The summed E-state index contributed by atoms with van der Waals surface area (Å²) in [7, 11) is 0. The Labute approximate surface area is 140 Å². The zero-order chi connectivity index (χ0) is 15.6. The molecule has 0 aromatic heterocycles. The molecule has 22 heavy (non-hydrogen) atoms. The highest BCUT2D eigenvalue weighted by atomic mass is 35.5. The third-order valence-electron chi connectivity index (χ3n) is 4.64. The number of hydrogen-bond donors (Lipinski definition) is 1. The highest BCUT2D eigenvalue weighted by Gasteiger charge is 2.26. The second kappa shape index (κ2) is 7.98. The Morgan fingerprint density at radius 2 is 1.64 bits per heavy atom. The molecule has 1 amide bonds. The number of rotatable bonds is 3. The maximum atomic E-state index is 12.4. The molecule has 1 saturated heterocycles. The van der Waals surface area contributed by atoms with Crippen LogP contribution in [0, 0.1) is 20.8 Å². The van der Waals surface area contributed by atoms with E-state index >= 15 is 0 Å². The Hall–Kier alpha value is -1.06. The standard InChI is InChI=1S/C18H28N2O.ClH/c1-12-9-13(2)18(14(3)10-12)19-17(21)11-20-15(4)7-6-8-16(20)5;/h9-10,15-16H,6-8,11H2,1-5H3,(H,19,21);1H. The molecule has 2 atom stereocenters. The molecule has 0 saturated carbocycles. The highest BCUT2D eigenvalue weighted by Crippen LogP contribution is 2.24. The van der Waals surface area contributed by atoms with Gasteiger partial charge in [-0.15, -0.1) is 12.4 Å². The number of anilines is 1. The van der Waals surface area contributed by atoms with Crippen molar-refractivity contribution in [3.8, 4) is 0 Å². The van der Waals surface area contributed by atoms with Gasteiger partial charge in [-0.1, -0.05) is 24.1 Å². The molecule has 1 heterocycles. The molecule has 0 aliphatic carbocycles. The number of carbonyl (C=O) groups is 1. The number of halogens is 1. The smallest absolute Gasteiger partial charge is 0.238 e. The van der Waals surface area contributed by atoms with Crippen molar-refractivity contribution in [1.29, 1.82) is 0 Å². The van der Waals surface area contributed by atoms with Gasteiger partial charge in [0.05, 0.1) is 6.54 Å². The predicted octanol–water partition coefficient (Wildman–Crippen LogP) is 4.24. The zero-order valence-electron chi connectivity index (χ0n) is 14.4. The lowest BCUT2D eigenvalue weighted by Gasteiger charge is -2.38. The molecule has 1 fully saturated rings. The first kappa shape index (κ1) is 19.0. The topological polar surface area (TPSA) is 32.3 Å². The molecule has 1 aliphatic rings. The van der Waals surface area contributed by atoms with Crippen LogP contribution in [0.2, 0.25) is 0 Å². The predicted molar refractivity (Wildman–Crippen MR) is 96.0 cm³/mol. The maximum absolute atomic E-state index is 12.4. The van der Waals surface area contributed by atoms with Crippen LogP contribution in [0.4, 0.5) is 5.69 Å². The fourth-order valence-corrected chi connectivity index (χ4v) is 3.51. The molecule has 0 spiro atoms. The van der Waals surface area contributed by atoms with Crippen molar-refractivity contribution >= 4 is 24.0 Å². The highest BCUT2D eigenvalue weighted by molar-refractivity contribution is 5.93. The number of nitrogens with zero attached hydrogens (tertiary/aromatic N) is 1.